The van der Waals surface area contributed by atoms with E-state index in [9.17, 15) is 9.90 Å². The molecule has 1 aliphatic rings. The smallest absolute Gasteiger partial charge is 0.223 e. The quantitative estimate of drug-likeness (QED) is 0.767. The van der Waals surface area contributed by atoms with E-state index in [0.29, 0.717) is 18.7 Å². The van der Waals surface area contributed by atoms with Crippen molar-refractivity contribution in [2.24, 2.45) is 0 Å². The fourth-order valence-electron chi connectivity index (χ4n) is 3.89. The van der Waals surface area contributed by atoms with Gasteiger partial charge >= 0.3 is 0 Å². The first-order valence-corrected chi connectivity index (χ1v) is 8.83. The van der Waals surface area contributed by atoms with Gasteiger partial charge in [0.1, 0.15) is 11.5 Å². The van der Waals surface area contributed by atoms with E-state index in [1.807, 2.05) is 59.5 Å². The third-order valence-electron chi connectivity index (χ3n) is 5.08. The third kappa shape index (κ3) is 2.68. The summed E-state index contributed by atoms with van der Waals surface area (Å²) < 4.78 is 5.57. The molecular formula is C22H21NO3. The number of carbonyl (C=O) groups excluding carboxylic acids is 1. The van der Waals surface area contributed by atoms with Crippen molar-refractivity contribution in [3.63, 3.8) is 0 Å². The summed E-state index contributed by atoms with van der Waals surface area (Å²) in [6.07, 6.45) is 1.37. The van der Waals surface area contributed by atoms with Gasteiger partial charge in [0.05, 0.1) is 13.2 Å². The van der Waals surface area contributed by atoms with Crippen molar-refractivity contribution in [3.05, 3.63) is 71.8 Å². The molecule has 1 unspecified atom stereocenters. The van der Waals surface area contributed by atoms with Crippen molar-refractivity contribution in [1.29, 1.82) is 0 Å². The summed E-state index contributed by atoms with van der Waals surface area (Å²) >= 11 is 0. The number of ether oxygens (including phenoxy) is 1. The largest absolute Gasteiger partial charge is 0.508 e. The number of methoxy groups -OCH3 is 1. The molecule has 4 rings (SSSR count). The van der Waals surface area contributed by atoms with Crippen molar-refractivity contribution >= 4 is 16.7 Å². The Hall–Kier alpha value is -3.01. The molecule has 3 aromatic rings. The zero-order valence-corrected chi connectivity index (χ0v) is 14.7. The van der Waals surface area contributed by atoms with Crippen LogP contribution in [-0.4, -0.2) is 29.6 Å². The molecule has 26 heavy (non-hydrogen) atoms. The molecule has 1 aliphatic heterocycles. The number of para-hydroxylation sites is 1. The molecule has 0 bridgehead atoms. The molecule has 4 nitrogen and oxygen atoms in total. The van der Waals surface area contributed by atoms with Gasteiger partial charge < -0.3 is 14.7 Å². The van der Waals surface area contributed by atoms with Crippen molar-refractivity contribution in [3.8, 4) is 11.5 Å². The second-order valence-electron chi connectivity index (χ2n) is 6.55. The number of phenols is 1. The summed E-state index contributed by atoms with van der Waals surface area (Å²) in [5, 5.41) is 12.8. The van der Waals surface area contributed by atoms with Gasteiger partial charge in [-0.2, -0.15) is 0 Å². The van der Waals surface area contributed by atoms with Gasteiger partial charge in [0.25, 0.3) is 0 Å². The van der Waals surface area contributed by atoms with Crippen LogP contribution in [0.4, 0.5) is 0 Å². The lowest BCUT2D eigenvalue weighted by molar-refractivity contribution is -0.129. The van der Waals surface area contributed by atoms with Crippen LogP contribution in [0.1, 0.15) is 30.0 Å². The van der Waals surface area contributed by atoms with Crippen LogP contribution in [0.3, 0.4) is 0 Å². The van der Waals surface area contributed by atoms with Crippen LogP contribution in [0.5, 0.6) is 11.5 Å². The normalized spacial score (nSPS) is 15.4. The van der Waals surface area contributed by atoms with E-state index in [1.54, 1.807) is 13.2 Å². The van der Waals surface area contributed by atoms with Crippen LogP contribution in [0.25, 0.3) is 10.8 Å². The third-order valence-corrected chi connectivity index (χ3v) is 5.08. The van der Waals surface area contributed by atoms with E-state index in [4.69, 9.17) is 4.74 Å². The first-order valence-electron chi connectivity index (χ1n) is 8.83. The van der Waals surface area contributed by atoms with Crippen LogP contribution in [0.15, 0.2) is 60.7 Å². The Morgan fingerprint density at radius 1 is 1.04 bits per heavy atom. The van der Waals surface area contributed by atoms with E-state index in [0.717, 1.165) is 28.3 Å². The predicted molar refractivity (Wildman–Crippen MR) is 101 cm³/mol. The average molecular weight is 347 g/mol. The summed E-state index contributed by atoms with van der Waals surface area (Å²) in [5.74, 6) is 1.01. The van der Waals surface area contributed by atoms with Gasteiger partial charge in [-0.15, -0.1) is 0 Å². The topological polar surface area (TPSA) is 49.8 Å². The molecule has 0 aliphatic carbocycles. The van der Waals surface area contributed by atoms with E-state index in [-0.39, 0.29) is 17.7 Å². The molecule has 1 N–H and O–H groups in total. The Balaban J connectivity index is 2.01. The summed E-state index contributed by atoms with van der Waals surface area (Å²) in [6.45, 7) is 0.671. The lowest BCUT2D eigenvalue weighted by Gasteiger charge is -2.31. The molecule has 0 radical (unpaired) electrons. The molecule has 1 heterocycles. The highest BCUT2D eigenvalue weighted by atomic mass is 16.5. The molecule has 132 valence electrons. The van der Waals surface area contributed by atoms with Gasteiger partial charge in [-0.05, 0) is 29.3 Å². The maximum Gasteiger partial charge on any atom is 0.223 e. The number of fused-ring (bicyclic) bond motifs is 1. The van der Waals surface area contributed by atoms with Gasteiger partial charge in [-0.25, -0.2) is 0 Å². The molecule has 3 aromatic carbocycles. The standard InChI is InChI=1S/C22H21NO3/c1-26-19-10-5-4-9-17(19)22(23-14-6-11-20(23)25)21-16-8-3-2-7-15(16)12-13-18(21)24/h2-5,7-10,12-13,22,24H,6,11,14H2,1H3. The number of nitrogens with zero attached hydrogens (tertiary/aromatic N) is 1. The Morgan fingerprint density at radius 2 is 1.81 bits per heavy atom. The first-order chi connectivity index (χ1) is 12.7. The number of phenolic OH excluding ortho intramolecular Hbond substituents is 1. The minimum Gasteiger partial charge on any atom is -0.508 e. The highest BCUT2D eigenvalue weighted by molar-refractivity contribution is 5.90. The van der Waals surface area contributed by atoms with Gasteiger partial charge in [-0.3, -0.25) is 4.79 Å². The summed E-state index contributed by atoms with van der Waals surface area (Å²) in [7, 11) is 1.63. The van der Waals surface area contributed by atoms with Crippen LogP contribution in [0, 0.1) is 0 Å². The Bertz CT molecular complexity index is 967. The van der Waals surface area contributed by atoms with Gasteiger partial charge in [-0.1, -0.05) is 48.5 Å². The summed E-state index contributed by atoms with van der Waals surface area (Å²) in [5.41, 5.74) is 1.64. The Labute approximate surface area is 152 Å². The Morgan fingerprint density at radius 3 is 2.58 bits per heavy atom. The maximum absolute atomic E-state index is 12.6. The fourth-order valence-corrected chi connectivity index (χ4v) is 3.89. The van der Waals surface area contributed by atoms with Crippen molar-refractivity contribution in [1.82, 2.24) is 4.90 Å². The Kier molecular flexibility index (Phi) is 4.25. The van der Waals surface area contributed by atoms with Crippen LogP contribution in [0.2, 0.25) is 0 Å². The number of amides is 1. The number of aromatic hydroxyl groups is 1. The first kappa shape index (κ1) is 16.5. The van der Waals surface area contributed by atoms with Crippen molar-refractivity contribution in [2.45, 2.75) is 18.9 Å². The van der Waals surface area contributed by atoms with E-state index < -0.39 is 0 Å². The molecule has 0 saturated carbocycles. The van der Waals surface area contributed by atoms with Crippen LogP contribution < -0.4 is 4.74 Å². The van der Waals surface area contributed by atoms with Gasteiger partial charge in [0.15, 0.2) is 0 Å². The minimum absolute atomic E-state index is 0.105. The zero-order valence-electron chi connectivity index (χ0n) is 14.7. The average Bonchev–Trinajstić information content (AvgIpc) is 3.10. The molecule has 4 heteroatoms. The van der Waals surface area contributed by atoms with Gasteiger partial charge in [0.2, 0.25) is 5.91 Å². The monoisotopic (exact) mass is 347 g/mol. The highest BCUT2D eigenvalue weighted by Gasteiger charge is 2.34. The number of hydrogen-bond acceptors (Lipinski definition) is 3. The molecule has 1 atom stereocenters. The number of carbonyl (C=O) groups is 1. The lowest BCUT2D eigenvalue weighted by Crippen LogP contribution is -2.31. The number of likely N-dealkylation sites (tertiary alicyclic amines) is 1. The molecule has 0 aromatic heterocycles. The number of benzene rings is 3. The van der Waals surface area contributed by atoms with Crippen molar-refractivity contribution in [2.75, 3.05) is 13.7 Å². The highest BCUT2D eigenvalue weighted by Crippen LogP contribution is 2.43. The molecule has 0 spiro atoms. The molecule has 1 fully saturated rings. The van der Waals surface area contributed by atoms with Crippen LogP contribution >= 0.6 is 0 Å². The zero-order chi connectivity index (χ0) is 18.1. The van der Waals surface area contributed by atoms with Gasteiger partial charge in [0, 0.05) is 24.1 Å². The maximum atomic E-state index is 12.6. The SMILES string of the molecule is COc1ccccc1C(c1c(O)ccc2ccccc12)N1CCCC1=O. The number of hydrogen-bond donors (Lipinski definition) is 1. The second kappa shape index (κ2) is 6.71. The molecular weight excluding hydrogens is 326 g/mol. The van der Waals surface area contributed by atoms with Crippen molar-refractivity contribution < 1.29 is 14.6 Å². The fraction of sp³-hybridized carbons (Fsp3) is 0.227. The second-order valence-corrected chi connectivity index (χ2v) is 6.55. The predicted octanol–water partition coefficient (Wildman–Crippen LogP) is 4.27. The van der Waals surface area contributed by atoms with E-state index >= 15 is 0 Å². The molecule has 1 saturated heterocycles. The van der Waals surface area contributed by atoms with E-state index in [2.05, 4.69) is 0 Å². The van der Waals surface area contributed by atoms with Crippen LogP contribution in [-0.2, 0) is 4.79 Å². The van der Waals surface area contributed by atoms with E-state index in [1.165, 1.54) is 0 Å². The minimum atomic E-state index is -0.382. The molecule has 1 amide bonds. The number of rotatable bonds is 4. The lowest BCUT2D eigenvalue weighted by atomic mass is 9.91. The summed E-state index contributed by atoms with van der Waals surface area (Å²) in [6, 6.07) is 18.9. The summed E-state index contributed by atoms with van der Waals surface area (Å²) in [4.78, 5) is 14.5.